The van der Waals surface area contributed by atoms with Gasteiger partial charge in [-0.05, 0) is 60.9 Å². The van der Waals surface area contributed by atoms with E-state index in [4.69, 9.17) is 27.9 Å². The summed E-state index contributed by atoms with van der Waals surface area (Å²) in [6.07, 6.45) is 0. The molecule has 0 heterocycles. The Kier molecular flexibility index (Phi) is 10.8. The second kappa shape index (κ2) is 13.9. The highest BCUT2D eigenvalue weighted by atomic mass is 35.5. The molecule has 0 aliphatic rings. The van der Waals surface area contributed by atoms with Gasteiger partial charge in [0, 0.05) is 13.1 Å². The van der Waals surface area contributed by atoms with Crippen LogP contribution in [-0.2, 0) is 26.2 Å². The summed E-state index contributed by atoms with van der Waals surface area (Å²) in [5.41, 5.74) is 0.901. The Hall–Kier alpha value is -3.27. The molecule has 3 aromatic rings. The highest BCUT2D eigenvalue weighted by molar-refractivity contribution is 7.92. The van der Waals surface area contributed by atoms with E-state index >= 15 is 0 Å². The maximum atomic E-state index is 13.9. The Morgan fingerprint density at radius 1 is 0.925 bits per heavy atom. The van der Waals surface area contributed by atoms with Crippen LogP contribution in [0.2, 0.25) is 10.0 Å². The number of carbonyl (C=O) groups excluding carboxylic acids is 2. The van der Waals surface area contributed by atoms with E-state index in [9.17, 15) is 18.0 Å². The Labute approximate surface area is 245 Å². The first-order valence-corrected chi connectivity index (χ1v) is 14.9. The number of anilines is 1. The summed E-state index contributed by atoms with van der Waals surface area (Å²) in [7, 11) is -2.64. The molecule has 3 rings (SSSR count). The van der Waals surface area contributed by atoms with Gasteiger partial charge in [-0.2, -0.15) is 0 Å². The molecule has 0 radical (unpaired) electrons. The number of carbonyl (C=O) groups is 2. The number of amides is 2. The maximum absolute atomic E-state index is 13.9. The number of rotatable bonds is 12. The summed E-state index contributed by atoms with van der Waals surface area (Å²) in [5, 5.41) is 3.24. The fraction of sp³-hybridized carbons (Fsp3) is 0.310. The van der Waals surface area contributed by atoms with Crippen molar-refractivity contribution in [1.82, 2.24) is 10.2 Å². The fourth-order valence-electron chi connectivity index (χ4n) is 3.85. The number of benzene rings is 3. The molecule has 0 spiro atoms. The van der Waals surface area contributed by atoms with Crippen LogP contribution in [0.15, 0.2) is 77.7 Å². The van der Waals surface area contributed by atoms with Crippen LogP contribution in [0.5, 0.6) is 5.75 Å². The molecule has 40 heavy (non-hydrogen) atoms. The van der Waals surface area contributed by atoms with Crippen LogP contribution in [0.1, 0.15) is 26.3 Å². The molecule has 2 amide bonds. The SMILES string of the molecule is COc1ccc(CN(C(=O)CN(c2ccc(Cl)c(Cl)c2)S(=O)(=O)c2ccccc2)C(C)C(=O)NCC(C)C)cc1. The molecule has 0 saturated carbocycles. The van der Waals surface area contributed by atoms with E-state index in [1.165, 1.54) is 35.2 Å². The van der Waals surface area contributed by atoms with Crippen molar-refractivity contribution in [2.75, 3.05) is 24.5 Å². The number of sulfonamides is 1. The molecule has 1 N–H and O–H groups in total. The maximum Gasteiger partial charge on any atom is 0.264 e. The zero-order valence-corrected chi connectivity index (χ0v) is 25.1. The highest BCUT2D eigenvalue weighted by Crippen LogP contribution is 2.31. The molecule has 0 fully saturated rings. The van der Waals surface area contributed by atoms with Crippen molar-refractivity contribution in [3.8, 4) is 5.75 Å². The van der Waals surface area contributed by atoms with Crippen molar-refractivity contribution in [2.24, 2.45) is 5.92 Å². The predicted molar refractivity (Wildman–Crippen MR) is 158 cm³/mol. The second-order valence-corrected chi connectivity index (χ2v) is 12.3. The van der Waals surface area contributed by atoms with E-state index in [-0.39, 0.29) is 39.0 Å². The minimum atomic E-state index is -4.19. The lowest BCUT2D eigenvalue weighted by molar-refractivity contribution is -0.139. The van der Waals surface area contributed by atoms with Crippen LogP contribution in [-0.4, -0.2) is 51.4 Å². The average Bonchev–Trinajstić information content (AvgIpc) is 2.95. The van der Waals surface area contributed by atoms with E-state index in [0.29, 0.717) is 12.3 Å². The first-order valence-electron chi connectivity index (χ1n) is 12.7. The van der Waals surface area contributed by atoms with Gasteiger partial charge in [-0.15, -0.1) is 0 Å². The van der Waals surface area contributed by atoms with E-state index in [2.05, 4.69) is 5.32 Å². The smallest absolute Gasteiger partial charge is 0.264 e. The molecule has 1 atom stereocenters. The van der Waals surface area contributed by atoms with Gasteiger partial charge in [0.25, 0.3) is 10.0 Å². The van der Waals surface area contributed by atoms with E-state index in [0.717, 1.165) is 9.87 Å². The lowest BCUT2D eigenvalue weighted by Crippen LogP contribution is -2.51. The zero-order chi connectivity index (χ0) is 29.4. The number of halogens is 2. The third kappa shape index (κ3) is 7.90. The summed E-state index contributed by atoms with van der Waals surface area (Å²) < 4.78 is 33.8. The van der Waals surface area contributed by atoms with E-state index in [1.807, 2.05) is 13.8 Å². The quantitative estimate of drug-likeness (QED) is 0.299. The monoisotopic (exact) mass is 605 g/mol. The predicted octanol–water partition coefficient (Wildman–Crippen LogP) is 5.39. The molecule has 214 valence electrons. The summed E-state index contributed by atoms with van der Waals surface area (Å²) in [4.78, 5) is 28.3. The van der Waals surface area contributed by atoms with Gasteiger partial charge in [0.2, 0.25) is 11.8 Å². The molecule has 0 aliphatic carbocycles. The number of nitrogens with zero attached hydrogens (tertiary/aromatic N) is 2. The fourth-order valence-corrected chi connectivity index (χ4v) is 5.57. The minimum Gasteiger partial charge on any atom is -0.497 e. The van der Waals surface area contributed by atoms with Crippen molar-refractivity contribution in [3.63, 3.8) is 0 Å². The Balaban J connectivity index is 2.02. The Morgan fingerprint density at radius 2 is 1.57 bits per heavy atom. The van der Waals surface area contributed by atoms with Gasteiger partial charge in [0.15, 0.2) is 0 Å². The standard InChI is InChI=1S/C29H33Cl2N3O5S/c1-20(2)17-32-29(36)21(3)33(18-22-10-13-24(39-4)14-11-22)28(35)19-34(23-12-15-26(30)27(31)16-23)40(37,38)25-8-6-5-7-9-25/h5-16,20-21H,17-19H2,1-4H3,(H,32,36). The van der Waals surface area contributed by atoms with Crippen LogP contribution in [0.3, 0.4) is 0 Å². The lowest BCUT2D eigenvalue weighted by atomic mass is 10.1. The summed E-state index contributed by atoms with van der Waals surface area (Å²) in [6, 6.07) is 18.3. The Bertz CT molecular complexity index is 1420. The van der Waals surface area contributed by atoms with Gasteiger partial charge >= 0.3 is 0 Å². The number of hydrogen-bond donors (Lipinski definition) is 1. The topological polar surface area (TPSA) is 96.0 Å². The second-order valence-electron chi connectivity index (χ2n) is 9.61. The number of nitrogens with one attached hydrogen (secondary N) is 1. The van der Waals surface area contributed by atoms with Gasteiger partial charge in [0.1, 0.15) is 18.3 Å². The van der Waals surface area contributed by atoms with E-state index in [1.54, 1.807) is 56.5 Å². The summed E-state index contributed by atoms with van der Waals surface area (Å²) in [5.74, 6) is -0.0664. The normalized spacial score (nSPS) is 12.1. The van der Waals surface area contributed by atoms with Crippen LogP contribution >= 0.6 is 23.2 Å². The molecule has 11 heteroatoms. The number of hydrogen-bond acceptors (Lipinski definition) is 5. The third-order valence-corrected chi connectivity index (χ3v) is 8.69. The van der Waals surface area contributed by atoms with Crippen molar-refractivity contribution in [1.29, 1.82) is 0 Å². The molecule has 0 aromatic heterocycles. The van der Waals surface area contributed by atoms with Crippen LogP contribution in [0.25, 0.3) is 0 Å². The first kappa shape index (κ1) is 31.3. The van der Waals surface area contributed by atoms with Crippen LogP contribution < -0.4 is 14.4 Å². The van der Waals surface area contributed by atoms with Crippen molar-refractivity contribution in [2.45, 2.75) is 38.3 Å². The third-order valence-electron chi connectivity index (χ3n) is 6.17. The molecular formula is C29H33Cl2N3O5S. The molecule has 0 aliphatic heterocycles. The average molecular weight is 607 g/mol. The zero-order valence-electron chi connectivity index (χ0n) is 22.8. The van der Waals surface area contributed by atoms with Crippen molar-refractivity contribution >= 4 is 50.7 Å². The van der Waals surface area contributed by atoms with Crippen molar-refractivity contribution in [3.05, 3.63) is 88.4 Å². The summed E-state index contributed by atoms with van der Waals surface area (Å²) in [6.45, 7) is 5.48. The molecule has 1 unspecified atom stereocenters. The van der Waals surface area contributed by atoms with E-state index < -0.39 is 28.5 Å². The summed E-state index contributed by atoms with van der Waals surface area (Å²) >= 11 is 12.3. The van der Waals surface area contributed by atoms with Gasteiger partial charge in [0.05, 0.1) is 27.7 Å². The highest BCUT2D eigenvalue weighted by Gasteiger charge is 2.32. The lowest BCUT2D eigenvalue weighted by Gasteiger charge is -2.32. The van der Waals surface area contributed by atoms with Gasteiger partial charge in [-0.25, -0.2) is 8.42 Å². The molecular weight excluding hydrogens is 573 g/mol. The molecule has 0 bridgehead atoms. The van der Waals surface area contributed by atoms with Gasteiger partial charge < -0.3 is 15.0 Å². The molecule has 0 saturated heterocycles. The first-order chi connectivity index (χ1) is 18.9. The number of ether oxygens (including phenoxy) is 1. The molecule has 3 aromatic carbocycles. The number of methoxy groups -OCH3 is 1. The largest absolute Gasteiger partial charge is 0.497 e. The van der Waals surface area contributed by atoms with Gasteiger partial charge in [-0.3, -0.25) is 13.9 Å². The van der Waals surface area contributed by atoms with Crippen LogP contribution in [0.4, 0.5) is 5.69 Å². The molecule has 8 nitrogen and oxygen atoms in total. The Morgan fingerprint density at radius 3 is 2.15 bits per heavy atom. The minimum absolute atomic E-state index is 0.00157. The van der Waals surface area contributed by atoms with Crippen molar-refractivity contribution < 1.29 is 22.7 Å². The van der Waals surface area contributed by atoms with Crippen LogP contribution in [0, 0.1) is 5.92 Å². The van der Waals surface area contributed by atoms with Gasteiger partial charge in [-0.1, -0.05) is 67.4 Å².